The van der Waals surface area contributed by atoms with Crippen molar-refractivity contribution in [1.82, 2.24) is 10.2 Å². The van der Waals surface area contributed by atoms with Crippen LogP contribution in [0.5, 0.6) is 0 Å². The van der Waals surface area contributed by atoms with E-state index in [9.17, 15) is 9.59 Å². The number of hydrogen-bond acceptors (Lipinski definition) is 3. The van der Waals surface area contributed by atoms with Crippen LogP contribution in [0.4, 0.5) is 0 Å². The number of halogens is 1. The third-order valence-corrected chi connectivity index (χ3v) is 5.25. The van der Waals surface area contributed by atoms with Gasteiger partial charge in [0.2, 0.25) is 5.91 Å². The fourth-order valence-electron chi connectivity index (χ4n) is 3.64. The minimum atomic E-state index is -0.690. The van der Waals surface area contributed by atoms with Crippen LogP contribution < -0.4 is 11.1 Å². The van der Waals surface area contributed by atoms with E-state index in [1.54, 1.807) is 0 Å². The Kier molecular flexibility index (Phi) is 6.85. The molecule has 1 aliphatic carbocycles. The summed E-state index contributed by atoms with van der Waals surface area (Å²) in [4.78, 5) is 26.6. The summed E-state index contributed by atoms with van der Waals surface area (Å²) in [6.07, 6.45) is 6.98. The van der Waals surface area contributed by atoms with Gasteiger partial charge in [-0.2, -0.15) is 0 Å². The van der Waals surface area contributed by atoms with Crippen LogP contribution in [0.3, 0.4) is 0 Å². The molecule has 1 aromatic carbocycles. The van der Waals surface area contributed by atoms with Gasteiger partial charge in [-0.1, -0.05) is 25.0 Å². The SMILES string of the molecule is Cl.NC1(C(=O)NCc2ccc(C(=O)N3CCCCC3)cc2)CCCC1. The number of amides is 2. The van der Waals surface area contributed by atoms with Gasteiger partial charge in [-0.05, 0) is 49.8 Å². The van der Waals surface area contributed by atoms with Gasteiger partial charge in [0.15, 0.2) is 0 Å². The van der Waals surface area contributed by atoms with Gasteiger partial charge in [-0.15, -0.1) is 12.4 Å². The maximum Gasteiger partial charge on any atom is 0.253 e. The van der Waals surface area contributed by atoms with Gasteiger partial charge in [0.05, 0.1) is 5.54 Å². The first-order valence-electron chi connectivity index (χ1n) is 9.04. The van der Waals surface area contributed by atoms with Crippen LogP contribution in [-0.2, 0) is 11.3 Å². The minimum absolute atomic E-state index is 0. The molecule has 1 aromatic rings. The summed E-state index contributed by atoms with van der Waals surface area (Å²) in [7, 11) is 0. The molecular formula is C19H28ClN3O2. The number of nitrogens with zero attached hydrogens (tertiary/aromatic N) is 1. The van der Waals surface area contributed by atoms with Gasteiger partial charge in [0, 0.05) is 25.2 Å². The van der Waals surface area contributed by atoms with Crippen LogP contribution in [0, 0.1) is 0 Å². The highest BCUT2D eigenvalue weighted by molar-refractivity contribution is 5.94. The van der Waals surface area contributed by atoms with E-state index in [-0.39, 0.29) is 24.2 Å². The van der Waals surface area contributed by atoms with Crippen molar-refractivity contribution in [1.29, 1.82) is 0 Å². The molecule has 138 valence electrons. The molecule has 0 spiro atoms. The Balaban J connectivity index is 0.00000225. The Bertz CT molecular complexity index is 591. The third-order valence-electron chi connectivity index (χ3n) is 5.25. The van der Waals surface area contributed by atoms with Gasteiger partial charge in [0.1, 0.15) is 0 Å². The zero-order valence-corrected chi connectivity index (χ0v) is 15.4. The molecule has 0 aromatic heterocycles. The Morgan fingerprint density at radius 1 is 1.00 bits per heavy atom. The Morgan fingerprint density at radius 3 is 2.20 bits per heavy atom. The molecule has 0 bridgehead atoms. The van der Waals surface area contributed by atoms with Gasteiger partial charge < -0.3 is 16.0 Å². The lowest BCUT2D eigenvalue weighted by Gasteiger charge is -2.26. The highest BCUT2D eigenvalue weighted by atomic mass is 35.5. The van der Waals surface area contributed by atoms with Crippen molar-refractivity contribution in [3.05, 3.63) is 35.4 Å². The van der Waals surface area contributed by atoms with Crippen LogP contribution in [-0.4, -0.2) is 35.3 Å². The second-order valence-corrected chi connectivity index (χ2v) is 7.10. The van der Waals surface area contributed by atoms with Gasteiger partial charge in [-0.3, -0.25) is 9.59 Å². The van der Waals surface area contributed by atoms with Gasteiger partial charge in [-0.25, -0.2) is 0 Å². The number of nitrogens with two attached hydrogens (primary N) is 1. The molecule has 2 aliphatic rings. The van der Waals surface area contributed by atoms with E-state index >= 15 is 0 Å². The molecule has 6 heteroatoms. The zero-order chi connectivity index (χ0) is 17.0. The van der Waals surface area contributed by atoms with Crippen molar-refractivity contribution < 1.29 is 9.59 Å². The van der Waals surface area contributed by atoms with Crippen LogP contribution in [0.15, 0.2) is 24.3 Å². The van der Waals surface area contributed by atoms with Crippen molar-refractivity contribution in [3.63, 3.8) is 0 Å². The lowest BCUT2D eigenvalue weighted by Crippen LogP contribution is -2.51. The molecule has 5 nitrogen and oxygen atoms in total. The number of rotatable bonds is 4. The molecule has 1 saturated heterocycles. The monoisotopic (exact) mass is 365 g/mol. The highest BCUT2D eigenvalue weighted by Crippen LogP contribution is 2.27. The molecule has 25 heavy (non-hydrogen) atoms. The third kappa shape index (κ3) is 4.73. The van der Waals surface area contributed by atoms with E-state index in [1.165, 1.54) is 6.42 Å². The topological polar surface area (TPSA) is 75.4 Å². The maximum absolute atomic E-state index is 12.4. The van der Waals surface area contributed by atoms with E-state index in [0.29, 0.717) is 6.54 Å². The summed E-state index contributed by atoms with van der Waals surface area (Å²) in [6.45, 7) is 2.17. The van der Waals surface area contributed by atoms with Crippen molar-refractivity contribution in [2.24, 2.45) is 5.73 Å². The van der Waals surface area contributed by atoms with E-state index in [0.717, 1.165) is 62.7 Å². The second-order valence-electron chi connectivity index (χ2n) is 7.10. The molecule has 0 unspecified atom stereocenters. The number of carbonyl (C=O) groups is 2. The summed E-state index contributed by atoms with van der Waals surface area (Å²) < 4.78 is 0. The summed E-state index contributed by atoms with van der Waals surface area (Å²) in [5, 5.41) is 2.93. The van der Waals surface area contributed by atoms with E-state index in [1.807, 2.05) is 29.2 Å². The molecule has 0 atom stereocenters. The number of piperidine rings is 1. The van der Waals surface area contributed by atoms with Crippen molar-refractivity contribution >= 4 is 24.2 Å². The van der Waals surface area contributed by atoms with Crippen LogP contribution in [0.2, 0.25) is 0 Å². The van der Waals surface area contributed by atoms with E-state index in [4.69, 9.17) is 5.73 Å². The van der Waals surface area contributed by atoms with E-state index < -0.39 is 5.54 Å². The fraction of sp³-hybridized carbons (Fsp3) is 0.579. The van der Waals surface area contributed by atoms with Gasteiger partial charge >= 0.3 is 0 Å². The Labute approximate surface area is 155 Å². The molecule has 3 rings (SSSR count). The molecular weight excluding hydrogens is 338 g/mol. The summed E-state index contributed by atoms with van der Waals surface area (Å²) in [5.74, 6) is 0.0469. The number of benzene rings is 1. The van der Waals surface area contributed by atoms with E-state index in [2.05, 4.69) is 5.32 Å². The predicted octanol–water partition coefficient (Wildman–Crippen LogP) is 2.62. The Morgan fingerprint density at radius 2 is 1.60 bits per heavy atom. The molecule has 1 aliphatic heterocycles. The number of hydrogen-bond donors (Lipinski definition) is 2. The number of likely N-dealkylation sites (tertiary alicyclic amines) is 1. The first-order chi connectivity index (χ1) is 11.6. The Hall–Kier alpha value is -1.59. The van der Waals surface area contributed by atoms with Gasteiger partial charge in [0.25, 0.3) is 5.91 Å². The van der Waals surface area contributed by atoms with Crippen LogP contribution in [0.25, 0.3) is 0 Å². The zero-order valence-electron chi connectivity index (χ0n) is 14.6. The van der Waals surface area contributed by atoms with Crippen LogP contribution >= 0.6 is 12.4 Å². The molecule has 1 saturated carbocycles. The minimum Gasteiger partial charge on any atom is -0.350 e. The normalized spacial score (nSPS) is 19.2. The summed E-state index contributed by atoms with van der Waals surface area (Å²) >= 11 is 0. The summed E-state index contributed by atoms with van der Waals surface area (Å²) in [5.41, 5.74) is 7.17. The molecule has 2 amide bonds. The fourth-order valence-corrected chi connectivity index (χ4v) is 3.64. The van der Waals surface area contributed by atoms with Crippen molar-refractivity contribution in [2.75, 3.05) is 13.1 Å². The smallest absolute Gasteiger partial charge is 0.253 e. The second kappa shape index (κ2) is 8.68. The number of carbonyl (C=O) groups excluding carboxylic acids is 2. The molecule has 0 radical (unpaired) electrons. The maximum atomic E-state index is 12.4. The lowest BCUT2D eigenvalue weighted by atomic mass is 9.98. The molecule has 1 heterocycles. The van der Waals surface area contributed by atoms with Crippen LogP contribution in [0.1, 0.15) is 60.9 Å². The first-order valence-corrected chi connectivity index (χ1v) is 9.04. The summed E-state index contributed by atoms with van der Waals surface area (Å²) in [6, 6.07) is 7.53. The lowest BCUT2D eigenvalue weighted by molar-refractivity contribution is -0.126. The standard InChI is InChI=1S/C19H27N3O2.ClH/c20-19(10-2-3-11-19)18(24)21-14-15-6-8-16(9-7-15)17(23)22-12-4-1-5-13-22;/h6-9H,1-5,10-14,20H2,(H,21,24);1H. The first kappa shape index (κ1) is 19.7. The highest BCUT2D eigenvalue weighted by Gasteiger charge is 2.36. The molecule has 3 N–H and O–H groups in total. The molecule has 2 fully saturated rings. The average Bonchev–Trinajstić information content (AvgIpc) is 3.08. The number of nitrogens with one attached hydrogen (secondary N) is 1. The quantitative estimate of drug-likeness (QED) is 0.861. The predicted molar refractivity (Wildman–Crippen MR) is 101 cm³/mol. The average molecular weight is 366 g/mol. The van der Waals surface area contributed by atoms with Crippen molar-refractivity contribution in [2.45, 2.75) is 57.0 Å². The largest absolute Gasteiger partial charge is 0.350 e. The van der Waals surface area contributed by atoms with Crippen molar-refractivity contribution in [3.8, 4) is 0 Å².